The van der Waals surface area contributed by atoms with E-state index in [9.17, 15) is 0 Å². The second-order valence-electron chi connectivity index (χ2n) is 4.03. The van der Waals surface area contributed by atoms with E-state index in [0.717, 1.165) is 13.1 Å². The molecule has 1 atom stereocenters. The summed E-state index contributed by atoms with van der Waals surface area (Å²) in [6.07, 6.45) is 7.35. The van der Waals surface area contributed by atoms with Crippen molar-refractivity contribution in [3.63, 3.8) is 0 Å². The molecule has 0 bridgehead atoms. The van der Waals surface area contributed by atoms with Gasteiger partial charge in [0.25, 0.3) is 0 Å². The quantitative estimate of drug-likeness (QED) is 0.599. The minimum absolute atomic E-state index is 0.341. The molecule has 0 radical (unpaired) electrons. The van der Waals surface area contributed by atoms with Gasteiger partial charge in [-0.15, -0.1) is 0 Å². The molecule has 0 rings (SSSR count). The van der Waals surface area contributed by atoms with Crippen molar-refractivity contribution >= 4 is 0 Å². The van der Waals surface area contributed by atoms with Crippen LogP contribution in [0.15, 0.2) is 36.5 Å². The van der Waals surface area contributed by atoms with Gasteiger partial charge in [-0.1, -0.05) is 57.2 Å². The first-order valence-electron chi connectivity index (χ1n) is 7.36. The van der Waals surface area contributed by atoms with Gasteiger partial charge in [-0.2, -0.15) is 5.26 Å². The Morgan fingerprint density at radius 2 is 2.00 bits per heavy atom. The molecule has 0 saturated carbocycles. The normalized spacial score (nSPS) is 12.8. The topological polar surface area (TPSA) is 36.3 Å². The Bertz CT molecular complexity index is 326. The van der Waals surface area contributed by atoms with E-state index in [1.807, 2.05) is 32.9 Å². The summed E-state index contributed by atoms with van der Waals surface area (Å²) in [5.74, 6) is 0. The summed E-state index contributed by atoms with van der Waals surface area (Å²) >= 11 is 0. The zero-order valence-electron chi connectivity index (χ0n) is 13.7. The summed E-state index contributed by atoms with van der Waals surface area (Å²) in [5, 5.41) is 8.97. The summed E-state index contributed by atoms with van der Waals surface area (Å²) in [4.78, 5) is 2.21. The lowest BCUT2D eigenvalue weighted by Gasteiger charge is -2.23. The zero-order valence-corrected chi connectivity index (χ0v) is 13.7. The minimum atomic E-state index is -0.341. The summed E-state index contributed by atoms with van der Waals surface area (Å²) < 4.78 is 5.35. The van der Waals surface area contributed by atoms with Crippen molar-refractivity contribution in [2.75, 3.05) is 26.2 Å². The van der Waals surface area contributed by atoms with Crippen molar-refractivity contribution in [1.29, 1.82) is 5.26 Å². The average Bonchev–Trinajstić information content (AvgIpc) is 2.48. The molecule has 1 unspecified atom stereocenters. The maximum Gasteiger partial charge on any atom is 0.156 e. The van der Waals surface area contributed by atoms with Crippen LogP contribution in [-0.4, -0.2) is 37.2 Å². The maximum absolute atomic E-state index is 8.97. The van der Waals surface area contributed by atoms with Gasteiger partial charge >= 0.3 is 0 Å². The van der Waals surface area contributed by atoms with Gasteiger partial charge in [-0.3, -0.25) is 4.90 Å². The van der Waals surface area contributed by atoms with Crippen LogP contribution in [0.3, 0.4) is 0 Å². The van der Waals surface area contributed by atoms with Crippen LogP contribution in [0.25, 0.3) is 0 Å². The Morgan fingerprint density at radius 1 is 1.35 bits per heavy atom. The largest absolute Gasteiger partial charge is 0.362 e. The number of likely N-dealkylation sites (N-methyl/N-ethyl adjacent to an activating group) is 1. The van der Waals surface area contributed by atoms with Crippen LogP contribution in [0.5, 0.6) is 0 Å². The van der Waals surface area contributed by atoms with E-state index in [4.69, 9.17) is 10.00 Å². The fourth-order valence-corrected chi connectivity index (χ4v) is 1.58. The molecule has 0 aliphatic rings. The van der Waals surface area contributed by atoms with Gasteiger partial charge in [-0.25, -0.2) is 0 Å². The molecule has 3 heteroatoms. The standard InChI is InChI=1S/C15H24N2O.C2H6/c1-5-8-9-10-14(4)12-17(6-2)13-15(11-16)18-7-3;1-2/h5,8-10,15H,1,6-7,12-13H2,2-4H3;1-2H3/b9-8-,14-10+;. The summed E-state index contributed by atoms with van der Waals surface area (Å²) in [7, 11) is 0. The van der Waals surface area contributed by atoms with Crippen LogP contribution in [0.4, 0.5) is 0 Å². The third-order valence-corrected chi connectivity index (χ3v) is 2.48. The van der Waals surface area contributed by atoms with Crippen LogP contribution in [0.2, 0.25) is 0 Å². The predicted octanol–water partition coefficient (Wildman–Crippen LogP) is 3.95. The minimum Gasteiger partial charge on any atom is -0.362 e. The Balaban J connectivity index is 0. The first-order valence-corrected chi connectivity index (χ1v) is 7.36. The van der Waals surface area contributed by atoms with Crippen molar-refractivity contribution < 1.29 is 4.74 Å². The Kier molecular flexibility index (Phi) is 16.4. The van der Waals surface area contributed by atoms with E-state index in [2.05, 4.69) is 37.5 Å². The molecule has 0 aliphatic heterocycles. The summed E-state index contributed by atoms with van der Waals surface area (Å²) in [6, 6.07) is 2.18. The van der Waals surface area contributed by atoms with Gasteiger partial charge in [0, 0.05) is 19.7 Å². The summed E-state index contributed by atoms with van der Waals surface area (Å²) in [5.41, 5.74) is 1.25. The lowest BCUT2D eigenvalue weighted by molar-refractivity contribution is 0.0724. The average molecular weight is 278 g/mol. The molecular weight excluding hydrogens is 248 g/mol. The van der Waals surface area contributed by atoms with Gasteiger partial charge < -0.3 is 4.74 Å². The fraction of sp³-hybridized carbons (Fsp3) is 0.588. The maximum atomic E-state index is 8.97. The number of allylic oxidation sites excluding steroid dienone is 4. The molecule has 0 spiro atoms. The molecule has 114 valence electrons. The highest BCUT2D eigenvalue weighted by Crippen LogP contribution is 2.02. The SMILES string of the molecule is C=C/C=C\C=C(/C)CN(CC)CC(C#N)OCC.CC. The molecular formula is C17H30N2O. The van der Waals surface area contributed by atoms with Gasteiger partial charge in [0.2, 0.25) is 0 Å². The van der Waals surface area contributed by atoms with E-state index in [1.54, 1.807) is 6.08 Å². The van der Waals surface area contributed by atoms with Crippen molar-refractivity contribution in [3.05, 3.63) is 36.5 Å². The third kappa shape index (κ3) is 11.7. The summed E-state index contributed by atoms with van der Waals surface area (Å²) in [6.45, 7) is 16.7. The Hall–Kier alpha value is -1.37. The van der Waals surface area contributed by atoms with Crippen LogP contribution < -0.4 is 0 Å². The molecule has 0 N–H and O–H groups in total. The van der Waals surface area contributed by atoms with Crippen LogP contribution >= 0.6 is 0 Å². The number of hydrogen-bond acceptors (Lipinski definition) is 3. The molecule has 0 aromatic heterocycles. The smallest absolute Gasteiger partial charge is 0.156 e. The van der Waals surface area contributed by atoms with Crippen molar-refractivity contribution in [2.24, 2.45) is 0 Å². The molecule has 0 aliphatic carbocycles. The lowest BCUT2D eigenvalue weighted by atomic mass is 10.2. The highest BCUT2D eigenvalue weighted by Gasteiger charge is 2.12. The van der Waals surface area contributed by atoms with Gasteiger partial charge in [0.1, 0.15) is 0 Å². The zero-order chi connectivity index (χ0) is 15.8. The second-order valence-corrected chi connectivity index (χ2v) is 4.03. The fourth-order valence-electron chi connectivity index (χ4n) is 1.58. The van der Waals surface area contributed by atoms with Crippen molar-refractivity contribution in [1.82, 2.24) is 4.90 Å². The van der Waals surface area contributed by atoms with E-state index in [0.29, 0.717) is 13.2 Å². The number of nitriles is 1. The Morgan fingerprint density at radius 3 is 2.45 bits per heavy atom. The van der Waals surface area contributed by atoms with Gasteiger partial charge in [0.05, 0.1) is 6.07 Å². The van der Waals surface area contributed by atoms with E-state index in [1.165, 1.54) is 5.57 Å². The number of hydrogen-bond donors (Lipinski definition) is 0. The number of rotatable bonds is 9. The molecule has 0 saturated heterocycles. The molecule has 0 fully saturated rings. The third-order valence-electron chi connectivity index (χ3n) is 2.48. The molecule has 0 amide bonds. The second kappa shape index (κ2) is 15.7. The van der Waals surface area contributed by atoms with Crippen LogP contribution in [0.1, 0.15) is 34.6 Å². The monoisotopic (exact) mass is 278 g/mol. The predicted molar refractivity (Wildman–Crippen MR) is 87.6 cm³/mol. The van der Waals surface area contributed by atoms with Gasteiger partial charge in [-0.05, 0) is 20.4 Å². The van der Waals surface area contributed by atoms with Crippen LogP contribution in [-0.2, 0) is 4.74 Å². The first kappa shape index (κ1) is 20.9. The van der Waals surface area contributed by atoms with Crippen LogP contribution in [0, 0.1) is 11.3 Å². The van der Waals surface area contributed by atoms with Crippen molar-refractivity contribution in [3.8, 4) is 6.07 Å². The first-order chi connectivity index (χ1) is 9.67. The molecule has 0 aromatic rings. The van der Waals surface area contributed by atoms with E-state index >= 15 is 0 Å². The molecule has 20 heavy (non-hydrogen) atoms. The highest BCUT2D eigenvalue weighted by molar-refractivity contribution is 5.15. The molecule has 0 heterocycles. The number of nitrogens with zero attached hydrogens (tertiary/aromatic N) is 2. The van der Waals surface area contributed by atoms with E-state index in [-0.39, 0.29) is 6.10 Å². The van der Waals surface area contributed by atoms with Gasteiger partial charge in [0.15, 0.2) is 6.10 Å². The number of ether oxygens (including phenoxy) is 1. The molecule has 0 aromatic carbocycles. The highest BCUT2D eigenvalue weighted by atomic mass is 16.5. The molecule has 3 nitrogen and oxygen atoms in total. The van der Waals surface area contributed by atoms with E-state index < -0.39 is 0 Å². The van der Waals surface area contributed by atoms with Crippen molar-refractivity contribution in [2.45, 2.75) is 40.7 Å². The lowest BCUT2D eigenvalue weighted by Crippen LogP contribution is -2.34. The Labute approximate surface area is 125 Å².